The van der Waals surface area contributed by atoms with Gasteiger partial charge in [0.2, 0.25) is 5.91 Å². The number of rotatable bonds is 5. The molecule has 23 heavy (non-hydrogen) atoms. The molecular formula is C20H21NO2. The molecular weight excluding hydrogens is 286 g/mol. The first-order valence-corrected chi connectivity index (χ1v) is 7.92. The molecule has 1 heterocycles. The summed E-state index contributed by atoms with van der Waals surface area (Å²) in [4.78, 5) is 12.2. The van der Waals surface area contributed by atoms with Gasteiger partial charge in [-0.05, 0) is 30.0 Å². The van der Waals surface area contributed by atoms with Crippen molar-refractivity contribution in [3.8, 4) is 0 Å². The molecule has 3 heteroatoms. The molecule has 3 nitrogen and oxygen atoms in total. The van der Waals surface area contributed by atoms with Crippen molar-refractivity contribution in [2.24, 2.45) is 0 Å². The Kier molecular flexibility index (Phi) is 4.47. The van der Waals surface area contributed by atoms with Crippen LogP contribution >= 0.6 is 0 Å². The van der Waals surface area contributed by atoms with E-state index in [1.54, 1.807) is 6.26 Å². The Morgan fingerprint density at radius 3 is 2.74 bits per heavy atom. The summed E-state index contributed by atoms with van der Waals surface area (Å²) in [5.41, 5.74) is 4.16. The maximum absolute atomic E-state index is 12.2. The zero-order valence-electron chi connectivity index (χ0n) is 13.5. The quantitative estimate of drug-likeness (QED) is 0.767. The molecule has 118 valence electrons. The van der Waals surface area contributed by atoms with Crippen LogP contribution < -0.4 is 5.32 Å². The molecule has 0 radical (unpaired) electrons. The predicted molar refractivity (Wildman–Crippen MR) is 92.5 cm³/mol. The fourth-order valence-electron chi connectivity index (χ4n) is 2.73. The monoisotopic (exact) mass is 307 g/mol. The Morgan fingerprint density at radius 2 is 1.96 bits per heavy atom. The van der Waals surface area contributed by atoms with Crippen LogP contribution in [0.5, 0.6) is 0 Å². The van der Waals surface area contributed by atoms with Crippen molar-refractivity contribution >= 4 is 16.9 Å². The normalized spacial score (nSPS) is 12.3. The van der Waals surface area contributed by atoms with Gasteiger partial charge in [-0.15, -0.1) is 0 Å². The fourth-order valence-corrected chi connectivity index (χ4v) is 2.73. The largest absolute Gasteiger partial charge is 0.464 e. The van der Waals surface area contributed by atoms with Gasteiger partial charge in [-0.25, -0.2) is 0 Å². The van der Waals surface area contributed by atoms with Crippen molar-refractivity contribution in [3.63, 3.8) is 0 Å². The number of hydrogen-bond acceptors (Lipinski definition) is 2. The first kappa shape index (κ1) is 15.3. The topological polar surface area (TPSA) is 42.2 Å². The smallest absolute Gasteiger partial charge is 0.224 e. The van der Waals surface area contributed by atoms with Gasteiger partial charge >= 0.3 is 0 Å². The molecule has 0 spiro atoms. The molecule has 0 aliphatic heterocycles. The van der Waals surface area contributed by atoms with Crippen LogP contribution in [0.4, 0.5) is 0 Å². The number of nitrogens with one attached hydrogen (secondary N) is 1. The van der Waals surface area contributed by atoms with Crippen LogP contribution in [0.3, 0.4) is 0 Å². The highest BCUT2D eigenvalue weighted by molar-refractivity contribution is 5.87. The van der Waals surface area contributed by atoms with Crippen LogP contribution in [-0.2, 0) is 11.2 Å². The lowest BCUT2D eigenvalue weighted by Gasteiger charge is -2.12. The molecule has 1 N–H and O–H groups in total. The molecule has 0 aliphatic carbocycles. The first-order valence-electron chi connectivity index (χ1n) is 7.92. The standard InChI is InChI=1S/C20H21NO2/c1-14-8-9-18-17(13-23-19(18)10-14)11-20(22)21-12-15(2)16-6-4-3-5-7-16/h3-10,13,15H,11-12H2,1-2H3,(H,21,22). The van der Waals surface area contributed by atoms with Gasteiger partial charge in [-0.1, -0.05) is 49.4 Å². The van der Waals surface area contributed by atoms with Gasteiger partial charge < -0.3 is 9.73 Å². The van der Waals surface area contributed by atoms with E-state index < -0.39 is 0 Å². The molecule has 0 fully saturated rings. The van der Waals surface area contributed by atoms with Crippen molar-refractivity contribution < 1.29 is 9.21 Å². The zero-order valence-corrected chi connectivity index (χ0v) is 13.5. The second kappa shape index (κ2) is 6.69. The van der Waals surface area contributed by atoms with E-state index in [0.717, 1.165) is 22.1 Å². The lowest BCUT2D eigenvalue weighted by molar-refractivity contribution is -0.120. The number of amides is 1. The van der Waals surface area contributed by atoms with Gasteiger partial charge in [0.1, 0.15) is 5.58 Å². The fraction of sp³-hybridized carbons (Fsp3) is 0.250. The number of carbonyl (C=O) groups excluding carboxylic acids is 1. The van der Waals surface area contributed by atoms with E-state index in [4.69, 9.17) is 4.42 Å². The van der Waals surface area contributed by atoms with E-state index in [0.29, 0.717) is 18.9 Å². The summed E-state index contributed by atoms with van der Waals surface area (Å²) in [5.74, 6) is 0.319. The van der Waals surface area contributed by atoms with E-state index in [-0.39, 0.29) is 5.91 Å². The second-order valence-electron chi connectivity index (χ2n) is 6.05. The lowest BCUT2D eigenvalue weighted by Crippen LogP contribution is -2.28. The summed E-state index contributed by atoms with van der Waals surface area (Å²) in [7, 11) is 0. The van der Waals surface area contributed by atoms with Gasteiger partial charge in [-0.2, -0.15) is 0 Å². The third-order valence-electron chi connectivity index (χ3n) is 4.14. The molecule has 0 bridgehead atoms. The van der Waals surface area contributed by atoms with Gasteiger partial charge in [-0.3, -0.25) is 4.79 Å². The Labute approximate surface area is 136 Å². The van der Waals surface area contributed by atoms with Crippen LogP contribution in [0.1, 0.15) is 29.5 Å². The maximum atomic E-state index is 12.2. The number of furan rings is 1. The average Bonchev–Trinajstić information content (AvgIpc) is 2.95. The summed E-state index contributed by atoms with van der Waals surface area (Å²) in [5, 5.41) is 4.03. The highest BCUT2D eigenvalue weighted by Gasteiger charge is 2.12. The van der Waals surface area contributed by atoms with Gasteiger partial charge in [0.05, 0.1) is 12.7 Å². The molecule has 1 aromatic heterocycles. The van der Waals surface area contributed by atoms with Crippen LogP contribution in [0, 0.1) is 6.92 Å². The van der Waals surface area contributed by atoms with Crippen molar-refractivity contribution in [1.29, 1.82) is 0 Å². The summed E-state index contributed by atoms with van der Waals surface area (Å²) >= 11 is 0. The van der Waals surface area contributed by atoms with Crippen molar-refractivity contribution in [2.75, 3.05) is 6.54 Å². The predicted octanol–water partition coefficient (Wildman–Crippen LogP) is 4.20. The highest BCUT2D eigenvalue weighted by Crippen LogP contribution is 2.22. The van der Waals surface area contributed by atoms with Crippen LogP contribution in [0.2, 0.25) is 0 Å². The minimum Gasteiger partial charge on any atom is -0.464 e. The molecule has 0 saturated heterocycles. The van der Waals surface area contributed by atoms with Crippen molar-refractivity contribution in [1.82, 2.24) is 5.32 Å². The van der Waals surface area contributed by atoms with E-state index in [1.165, 1.54) is 5.56 Å². The van der Waals surface area contributed by atoms with Gasteiger partial charge in [0.15, 0.2) is 0 Å². The number of fused-ring (bicyclic) bond motifs is 1. The lowest BCUT2D eigenvalue weighted by atomic mass is 10.0. The minimum absolute atomic E-state index is 0.0241. The van der Waals surface area contributed by atoms with Crippen LogP contribution in [0.25, 0.3) is 11.0 Å². The molecule has 1 atom stereocenters. The number of benzene rings is 2. The Balaban J connectivity index is 1.60. The zero-order chi connectivity index (χ0) is 16.2. The number of hydrogen-bond donors (Lipinski definition) is 1. The Hall–Kier alpha value is -2.55. The summed E-state index contributed by atoms with van der Waals surface area (Å²) < 4.78 is 5.55. The molecule has 3 rings (SSSR count). The number of aryl methyl sites for hydroxylation is 1. The highest BCUT2D eigenvalue weighted by atomic mass is 16.3. The van der Waals surface area contributed by atoms with E-state index in [1.807, 2.05) is 43.3 Å². The Bertz CT molecular complexity index is 805. The number of carbonyl (C=O) groups is 1. The molecule has 0 aliphatic rings. The third-order valence-corrected chi connectivity index (χ3v) is 4.14. The maximum Gasteiger partial charge on any atom is 0.224 e. The SMILES string of the molecule is Cc1ccc2c(CC(=O)NCC(C)c3ccccc3)coc2c1. The molecule has 0 saturated carbocycles. The Morgan fingerprint density at radius 1 is 1.17 bits per heavy atom. The van der Waals surface area contributed by atoms with Crippen molar-refractivity contribution in [2.45, 2.75) is 26.2 Å². The van der Waals surface area contributed by atoms with E-state index in [9.17, 15) is 4.79 Å². The summed E-state index contributed by atoms with van der Waals surface area (Å²) in [6.45, 7) is 4.78. The summed E-state index contributed by atoms with van der Waals surface area (Å²) in [6, 6.07) is 16.3. The first-order chi connectivity index (χ1) is 11.1. The van der Waals surface area contributed by atoms with Crippen molar-refractivity contribution in [3.05, 3.63) is 71.5 Å². The third kappa shape index (κ3) is 3.62. The van der Waals surface area contributed by atoms with E-state index in [2.05, 4.69) is 24.4 Å². The van der Waals surface area contributed by atoms with Gasteiger partial charge in [0.25, 0.3) is 0 Å². The van der Waals surface area contributed by atoms with Crippen LogP contribution in [0.15, 0.2) is 59.2 Å². The molecule has 1 unspecified atom stereocenters. The minimum atomic E-state index is 0.0241. The van der Waals surface area contributed by atoms with E-state index >= 15 is 0 Å². The summed E-state index contributed by atoms with van der Waals surface area (Å²) in [6.07, 6.45) is 2.03. The average molecular weight is 307 g/mol. The molecule has 2 aromatic carbocycles. The second-order valence-corrected chi connectivity index (χ2v) is 6.05. The molecule has 3 aromatic rings. The molecule has 1 amide bonds. The van der Waals surface area contributed by atoms with Crippen LogP contribution in [-0.4, -0.2) is 12.5 Å². The van der Waals surface area contributed by atoms with Gasteiger partial charge in [0, 0.05) is 17.5 Å².